The second kappa shape index (κ2) is 6.66. The van der Waals surface area contributed by atoms with Gasteiger partial charge in [0, 0.05) is 23.3 Å². The predicted molar refractivity (Wildman–Crippen MR) is 78.8 cm³/mol. The number of nitrogens with one attached hydrogen (secondary N) is 1. The van der Waals surface area contributed by atoms with E-state index in [0.29, 0.717) is 0 Å². The Balaban J connectivity index is 2.11. The van der Waals surface area contributed by atoms with Gasteiger partial charge in [-0.15, -0.1) is 0 Å². The number of nitrogens with zero attached hydrogens (tertiary/aromatic N) is 1. The molecular weight excluding hydrogens is 258 g/mol. The molecule has 1 aromatic carbocycles. The average Bonchev–Trinajstić information content (AvgIpc) is 2.46. The van der Waals surface area contributed by atoms with E-state index >= 15 is 0 Å². The number of benzene rings is 1. The van der Waals surface area contributed by atoms with Gasteiger partial charge in [0.1, 0.15) is 0 Å². The van der Waals surface area contributed by atoms with Gasteiger partial charge < -0.3 is 0 Å². The van der Waals surface area contributed by atoms with Gasteiger partial charge in [-0.3, -0.25) is 16.3 Å². The Bertz CT molecular complexity index is 508. The van der Waals surface area contributed by atoms with E-state index in [4.69, 9.17) is 17.4 Å². The number of hydrogen-bond acceptors (Lipinski definition) is 3. The van der Waals surface area contributed by atoms with E-state index in [9.17, 15) is 0 Å². The first-order chi connectivity index (χ1) is 9.22. The van der Waals surface area contributed by atoms with E-state index in [-0.39, 0.29) is 6.04 Å². The summed E-state index contributed by atoms with van der Waals surface area (Å²) in [6, 6.07) is 11.9. The lowest BCUT2D eigenvalue weighted by Crippen LogP contribution is -2.29. The molecular formula is C15H18ClN3. The third-order valence-corrected chi connectivity index (χ3v) is 3.43. The number of rotatable bonds is 5. The fraction of sp³-hybridized carbons (Fsp3) is 0.267. The summed E-state index contributed by atoms with van der Waals surface area (Å²) in [5.41, 5.74) is 6.20. The summed E-state index contributed by atoms with van der Waals surface area (Å²) < 4.78 is 0. The first-order valence-corrected chi connectivity index (χ1v) is 6.76. The van der Waals surface area contributed by atoms with Crippen LogP contribution in [0, 0.1) is 0 Å². The Hall–Kier alpha value is -1.42. The van der Waals surface area contributed by atoms with Crippen LogP contribution in [0.5, 0.6) is 0 Å². The number of nitrogens with two attached hydrogens (primary N) is 1. The molecule has 0 bridgehead atoms. The fourth-order valence-electron chi connectivity index (χ4n) is 1.96. The highest BCUT2D eigenvalue weighted by atomic mass is 35.5. The van der Waals surface area contributed by atoms with Crippen LogP contribution in [0.25, 0.3) is 0 Å². The average molecular weight is 276 g/mol. The molecule has 1 atom stereocenters. The van der Waals surface area contributed by atoms with Crippen molar-refractivity contribution in [3.05, 3.63) is 64.4 Å². The van der Waals surface area contributed by atoms with Crippen LogP contribution in [-0.4, -0.2) is 4.98 Å². The van der Waals surface area contributed by atoms with Crippen molar-refractivity contribution in [1.29, 1.82) is 0 Å². The quantitative estimate of drug-likeness (QED) is 0.651. The summed E-state index contributed by atoms with van der Waals surface area (Å²) in [5, 5.41) is 0.727. The summed E-state index contributed by atoms with van der Waals surface area (Å²) >= 11 is 5.89. The lowest BCUT2D eigenvalue weighted by molar-refractivity contribution is 0.546. The SMILES string of the molecule is CCc1ccc(CC(NN)c2ccc(Cl)cc2)nc1. The summed E-state index contributed by atoms with van der Waals surface area (Å²) in [4.78, 5) is 4.46. The van der Waals surface area contributed by atoms with Crippen molar-refractivity contribution >= 4 is 11.6 Å². The second-order valence-electron chi connectivity index (χ2n) is 4.49. The molecule has 3 nitrogen and oxygen atoms in total. The molecule has 0 aliphatic heterocycles. The molecule has 4 heteroatoms. The van der Waals surface area contributed by atoms with Crippen molar-refractivity contribution < 1.29 is 0 Å². The van der Waals surface area contributed by atoms with E-state index in [1.54, 1.807) is 0 Å². The van der Waals surface area contributed by atoms with E-state index in [0.717, 1.165) is 29.1 Å². The monoisotopic (exact) mass is 275 g/mol. The smallest absolute Gasteiger partial charge is 0.0515 e. The van der Waals surface area contributed by atoms with Crippen LogP contribution in [0.1, 0.15) is 29.8 Å². The maximum absolute atomic E-state index is 5.89. The van der Waals surface area contributed by atoms with Gasteiger partial charge in [-0.25, -0.2) is 0 Å². The number of hydrogen-bond donors (Lipinski definition) is 2. The highest BCUT2D eigenvalue weighted by molar-refractivity contribution is 6.30. The zero-order valence-corrected chi connectivity index (χ0v) is 11.7. The van der Waals surface area contributed by atoms with Gasteiger partial charge in [0.15, 0.2) is 0 Å². The molecule has 2 rings (SSSR count). The van der Waals surface area contributed by atoms with Gasteiger partial charge >= 0.3 is 0 Å². The van der Waals surface area contributed by atoms with Crippen LogP contribution in [0.2, 0.25) is 5.02 Å². The van der Waals surface area contributed by atoms with Gasteiger partial charge in [-0.2, -0.15) is 0 Å². The Labute approximate surface area is 118 Å². The molecule has 0 saturated carbocycles. The molecule has 0 amide bonds. The van der Waals surface area contributed by atoms with Crippen LogP contribution in [0.4, 0.5) is 0 Å². The minimum Gasteiger partial charge on any atom is -0.271 e. The minimum atomic E-state index is 0.0391. The zero-order chi connectivity index (χ0) is 13.7. The molecule has 1 heterocycles. The zero-order valence-electron chi connectivity index (χ0n) is 10.9. The molecule has 2 aromatic rings. The number of aromatic nitrogens is 1. The number of pyridine rings is 1. The van der Waals surface area contributed by atoms with Crippen LogP contribution in [0.3, 0.4) is 0 Å². The molecule has 0 spiro atoms. The van der Waals surface area contributed by atoms with Crippen molar-refractivity contribution in [1.82, 2.24) is 10.4 Å². The molecule has 1 unspecified atom stereocenters. The lowest BCUT2D eigenvalue weighted by atomic mass is 10.0. The van der Waals surface area contributed by atoms with Crippen LogP contribution in [-0.2, 0) is 12.8 Å². The first kappa shape index (κ1) is 14.0. The maximum atomic E-state index is 5.89. The van der Waals surface area contributed by atoms with E-state index in [1.807, 2.05) is 30.5 Å². The number of hydrazine groups is 1. The Kier molecular flexibility index (Phi) is 4.91. The number of halogens is 1. The summed E-state index contributed by atoms with van der Waals surface area (Å²) in [5.74, 6) is 5.64. The van der Waals surface area contributed by atoms with Gasteiger partial charge in [-0.05, 0) is 35.7 Å². The maximum Gasteiger partial charge on any atom is 0.0515 e. The van der Waals surface area contributed by atoms with Gasteiger partial charge in [-0.1, -0.05) is 36.7 Å². The molecule has 100 valence electrons. The molecule has 0 aliphatic rings. The Morgan fingerprint density at radius 1 is 1.21 bits per heavy atom. The van der Waals surface area contributed by atoms with Gasteiger partial charge in [0.05, 0.1) is 6.04 Å². The van der Waals surface area contributed by atoms with Gasteiger partial charge in [0.2, 0.25) is 0 Å². The first-order valence-electron chi connectivity index (χ1n) is 6.38. The van der Waals surface area contributed by atoms with Crippen molar-refractivity contribution in [3.8, 4) is 0 Å². The van der Waals surface area contributed by atoms with Crippen molar-refractivity contribution in [2.45, 2.75) is 25.8 Å². The molecule has 1 aromatic heterocycles. The van der Waals surface area contributed by atoms with E-state index in [1.165, 1.54) is 5.56 Å². The predicted octanol–water partition coefficient (Wildman–Crippen LogP) is 3.04. The summed E-state index contributed by atoms with van der Waals surface area (Å²) in [7, 11) is 0. The van der Waals surface area contributed by atoms with Crippen LogP contribution in [0.15, 0.2) is 42.6 Å². The minimum absolute atomic E-state index is 0.0391. The van der Waals surface area contributed by atoms with E-state index < -0.39 is 0 Å². The van der Waals surface area contributed by atoms with Crippen molar-refractivity contribution in [2.75, 3.05) is 0 Å². The van der Waals surface area contributed by atoms with Crippen molar-refractivity contribution in [2.24, 2.45) is 5.84 Å². The Morgan fingerprint density at radius 3 is 2.47 bits per heavy atom. The van der Waals surface area contributed by atoms with Crippen molar-refractivity contribution in [3.63, 3.8) is 0 Å². The van der Waals surface area contributed by atoms with Crippen LogP contribution < -0.4 is 11.3 Å². The summed E-state index contributed by atoms with van der Waals surface area (Å²) in [6.45, 7) is 2.12. The third kappa shape index (κ3) is 3.77. The third-order valence-electron chi connectivity index (χ3n) is 3.18. The topological polar surface area (TPSA) is 50.9 Å². The van der Waals surface area contributed by atoms with E-state index in [2.05, 4.69) is 29.5 Å². The lowest BCUT2D eigenvalue weighted by Gasteiger charge is -2.16. The molecule has 0 fully saturated rings. The standard InChI is InChI=1S/C15H18ClN3/c1-2-11-3-8-14(18-10-11)9-15(19-17)12-4-6-13(16)7-5-12/h3-8,10,15,19H,2,9,17H2,1H3. The normalized spacial score (nSPS) is 12.4. The molecule has 0 radical (unpaired) electrons. The highest BCUT2D eigenvalue weighted by Gasteiger charge is 2.11. The number of aryl methyl sites for hydroxylation is 1. The molecule has 0 aliphatic carbocycles. The fourth-order valence-corrected chi connectivity index (χ4v) is 2.09. The highest BCUT2D eigenvalue weighted by Crippen LogP contribution is 2.19. The molecule has 0 saturated heterocycles. The molecule has 3 N–H and O–H groups in total. The second-order valence-corrected chi connectivity index (χ2v) is 4.92. The Morgan fingerprint density at radius 2 is 1.95 bits per heavy atom. The summed E-state index contributed by atoms with van der Waals surface area (Å²) in [6.07, 6.45) is 3.68. The largest absolute Gasteiger partial charge is 0.271 e. The van der Waals surface area contributed by atoms with Crippen LogP contribution >= 0.6 is 11.6 Å². The van der Waals surface area contributed by atoms with Gasteiger partial charge in [0.25, 0.3) is 0 Å². The molecule has 19 heavy (non-hydrogen) atoms.